The van der Waals surface area contributed by atoms with Crippen LogP contribution in [0.4, 0.5) is 4.39 Å². The van der Waals surface area contributed by atoms with Crippen LogP contribution < -0.4 is 5.32 Å². The van der Waals surface area contributed by atoms with Crippen LogP contribution in [0.5, 0.6) is 0 Å². The first-order valence-electron chi connectivity index (χ1n) is 6.12. The Hall–Kier alpha value is -1.26. The molecule has 0 saturated heterocycles. The molecule has 0 aliphatic carbocycles. The third kappa shape index (κ3) is 3.15. The lowest BCUT2D eigenvalue weighted by Crippen LogP contribution is -2.12. The maximum Gasteiger partial charge on any atom is 0.126 e. The number of thiazole rings is 1. The highest BCUT2D eigenvalue weighted by molar-refractivity contribution is 7.15. The van der Waals surface area contributed by atoms with Crippen molar-refractivity contribution < 1.29 is 4.39 Å². The fraction of sp³-hybridized carbons (Fsp3) is 0.357. The average molecular weight is 264 g/mol. The van der Waals surface area contributed by atoms with Crippen molar-refractivity contribution >= 4 is 11.3 Å². The van der Waals surface area contributed by atoms with Gasteiger partial charge in [0.05, 0.1) is 0 Å². The third-order valence-electron chi connectivity index (χ3n) is 2.68. The minimum atomic E-state index is -0.167. The van der Waals surface area contributed by atoms with Crippen LogP contribution in [-0.4, -0.2) is 11.5 Å². The zero-order valence-corrected chi connectivity index (χ0v) is 11.5. The molecule has 0 saturated carbocycles. The van der Waals surface area contributed by atoms with Crippen LogP contribution in [0.3, 0.4) is 0 Å². The van der Waals surface area contributed by atoms with E-state index >= 15 is 0 Å². The van der Waals surface area contributed by atoms with Gasteiger partial charge >= 0.3 is 0 Å². The molecule has 0 amide bonds. The Kier molecular flexibility index (Phi) is 4.44. The second-order valence-electron chi connectivity index (χ2n) is 4.27. The van der Waals surface area contributed by atoms with Crippen LogP contribution in [0.2, 0.25) is 0 Å². The standard InChI is InChI=1S/C14H17FN2S/c1-3-6-16-8-12-9-17-14(18-12)11-4-5-13(15)10(2)7-11/h4-5,7,9,16H,3,6,8H2,1-2H3. The van der Waals surface area contributed by atoms with Gasteiger partial charge in [-0.15, -0.1) is 11.3 Å². The predicted octanol–water partition coefficient (Wildman–Crippen LogP) is 3.76. The fourth-order valence-electron chi connectivity index (χ4n) is 1.69. The molecule has 0 aliphatic rings. The Morgan fingerprint density at radius 3 is 2.94 bits per heavy atom. The predicted molar refractivity (Wildman–Crippen MR) is 74.2 cm³/mol. The van der Waals surface area contributed by atoms with Crippen LogP contribution in [0.1, 0.15) is 23.8 Å². The summed E-state index contributed by atoms with van der Waals surface area (Å²) in [4.78, 5) is 5.60. The lowest BCUT2D eigenvalue weighted by atomic mass is 10.1. The number of hydrogen-bond acceptors (Lipinski definition) is 3. The number of halogens is 1. The molecule has 0 aliphatic heterocycles. The van der Waals surface area contributed by atoms with Crippen molar-refractivity contribution in [2.75, 3.05) is 6.54 Å². The highest BCUT2D eigenvalue weighted by Gasteiger charge is 2.06. The monoisotopic (exact) mass is 264 g/mol. The summed E-state index contributed by atoms with van der Waals surface area (Å²) in [6, 6.07) is 5.13. The summed E-state index contributed by atoms with van der Waals surface area (Å²) in [5, 5.41) is 4.30. The van der Waals surface area contributed by atoms with Gasteiger partial charge in [-0.3, -0.25) is 0 Å². The number of aromatic nitrogens is 1. The number of nitrogens with zero attached hydrogens (tertiary/aromatic N) is 1. The lowest BCUT2D eigenvalue weighted by Gasteiger charge is -2.00. The van der Waals surface area contributed by atoms with Crippen molar-refractivity contribution in [2.24, 2.45) is 0 Å². The molecule has 0 atom stereocenters. The summed E-state index contributed by atoms with van der Waals surface area (Å²) < 4.78 is 13.2. The first-order valence-corrected chi connectivity index (χ1v) is 6.94. The average Bonchev–Trinajstić information content (AvgIpc) is 2.82. The molecule has 2 aromatic rings. The van der Waals surface area contributed by atoms with Gasteiger partial charge < -0.3 is 5.32 Å². The molecule has 1 heterocycles. The SMILES string of the molecule is CCCNCc1cnc(-c2ccc(F)c(C)c2)s1. The molecule has 1 aromatic heterocycles. The van der Waals surface area contributed by atoms with E-state index in [1.165, 1.54) is 10.9 Å². The minimum Gasteiger partial charge on any atom is -0.312 e. The van der Waals surface area contributed by atoms with E-state index in [1.807, 2.05) is 12.3 Å². The van der Waals surface area contributed by atoms with Gasteiger partial charge in [0.1, 0.15) is 10.8 Å². The summed E-state index contributed by atoms with van der Waals surface area (Å²) >= 11 is 1.65. The van der Waals surface area contributed by atoms with E-state index < -0.39 is 0 Å². The summed E-state index contributed by atoms with van der Waals surface area (Å²) in [7, 11) is 0. The maximum absolute atomic E-state index is 13.2. The van der Waals surface area contributed by atoms with Crippen LogP contribution >= 0.6 is 11.3 Å². The number of rotatable bonds is 5. The molecule has 0 fully saturated rings. The normalized spacial score (nSPS) is 10.8. The van der Waals surface area contributed by atoms with Crippen molar-refractivity contribution in [3.63, 3.8) is 0 Å². The topological polar surface area (TPSA) is 24.9 Å². The largest absolute Gasteiger partial charge is 0.312 e. The molecule has 0 spiro atoms. The highest BCUT2D eigenvalue weighted by atomic mass is 32.1. The van der Waals surface area contributed by atoms with Crippen LogP contribution in [0.25, 0.3) is 10.6 Å². The van der Waals surface area contributed by atoms with Gasteiger partial charge in [0.15, 0.2) is 0 Å². The molecule has 2 rings (SSSR count). The van der Waals surface area contributed by atoms with Crippen LogP contribution in [-0.2, 0) is 6.54 Å². The molecule has 18 heavy (non-hydrogen) atoms. The second kappa shape index (κ2) is 6.07. The maximum atomic E-state index is 13.2. The Labute approximate surface area is 111 Å². The van der Waals surface area contributed by atoms with Gasteiger partial charge in [0.2, 0.25) is 0 Å². The van der Waals surface area contributed by atoms with Gasteiger partial charge in [0.25, 0.3) is 0 Å². The van der Waals surface area contributed by atoms with E-state index in [2.05, 4.69) is 17.2 Å². The summed E-state index contributed by atoms with van der Waals surface area (Å²) in [6.07, 6.45) is 3.02. The fourth-order valence-corrected chi connectivity index (χ4v) is 2.57. The Balaban J connectivity index is 2.11. The molecule has 1 aromatic carbocycles. The quantitative estimate of drug-likeness (QED) is 0.832. The minimum absolute atomic E-state index is 0.167. The zero-order valence-electron chi connectivity index (χ0n) is 10.7. The van der Waals surface area contributed by atoms with Crippen molar-refractivity contribution in [1.82, 2.24) is 10.3 Å². The lowest BCUT2D eigenvalue weighted by molar-refractivity contribution is 0.619. The summed E-state index contributed by atoms with van der Waals surface area (Å²) in [5.74, 6) is -0.167. The first kappa shape index (κ1) is 13.2. The van der Waals surface area contributed by atoms with Crippen LogP contribution in [0.15, 0.2) is 24.4 Å². The van der Waals surface area contributed by atoms with Gasteiger partial charge in [0, 0.05) is 23.2 Å². The Bertz CT molecular complexity index is 522. The van der Waals surface area contributed by atoms with Gasteiger partial charge in [-0.25, -0.2) is 9.37 Å². The molecular formula is C14H17FN2S. The van der Waals surface area contributed by atoms with E-state index in [4.69, 9.17) is 0 Å². The smallest absolute Gasteiger partial charge is 0.126 e. The van der Waals surface area contributed by atoms with E-state index in [-0.39, 0.29) is 5.82 Å². The van der Waals surface area contributed by atoms with Crippen molar-refractivity contribution in [3.8, 4) is 10.6 Å². The van der Waals surface area contributed by atoms with Gasteiger partial charge in [-0.2, -0.15) is 0 Å². The molecule has 1 N–H and O–H groups in total. The molecule has 0 radical (unpaired) electrons. The van der Waals surface area contributed by atoms with Crippen LogP contribution in [0, 0.1) is 12.7 Å². The first-order chi connectivity index (χ1) is 8.70. The number of aryl methyl sites for hydroxylation is 1. The van der Waals surface area contributed by atoms with Gasteiger partial charge in [-0.1, -0.05) is 6.92 Å². The number of hydrogen-bond donors (Lipinski definition) is 1. The van der Waals surface area contributed by atoms with E-state index in [1.54, 1.807) is 24.3 Å². The molecule has 2 nitrogen and oxygen atoms in total. The molecular weight excluding hydrogens is 247 g/mol. The Morgan fingerprint density at radius 2 is 2.22 bits per heavy atom. The zero-order chi connectivity index (χ0) is 13.0. The molecule has 96 valence electrons. The number of nitrogens with one attached hydrogen (secondary N) is 1. The summed E-state index contributed by atoms with van der Waals surface area (Å²) in [5.41, 5.74) is 1.65. The van der Waals surface area contributed by atoms with E-state index in [0.717, 1.165) is 30.1 Å². The molecule has 0 unspecified atom stereocenters. The van der Waals surface area contributed by atoms with Crippen molar-refractivity contribution in [2.45, 2.75) is 26.8 Å². The second-order valence-corrected chi connectivity index (χ2v) is 5.39. The van der Waals surface area contributed by atoms with Crippen molar-refractivity contribution in [1.29, 1.82) is 0 Å². The summed E-state index contributed by atoms with van der Waals surface area (Å²) in [6.45, 7) is 5.79. The molecule has 4 heteroatoms. The number of benzene rings is 1. The van der Waals surface area contributed by atoms with Gasteiger partial charge in [-0.05, 0) is 43.7 Å². The molecule has 0 bridgehead atoms. The third-order valence-corrected chi connectivity index (χ3v) is 3.73. The Morgan fingerprint density at radius 1 is 1.39 bits per heavy atom. The van der Waals surface area contributed by atoms with E-state index in [9.17, 15) is 4.39 Å². The van der Waals surface area contributed by atoms with Crippen molar-refractivity contribution in [3.05, 3.63) is 40.7 Å². The highest BCUT2D eigenvalue weighted by Crippen LogP contribution is 2.26. The van der Waals surface area contributed by atoms with E-state index in [0.29, 0.717) is 5.56 Å².